The number of carbonyl (C=O) groups is 1. The fraction of sp³-hybridized carbons (Fsp3) is 0.333. The minimum absolute atomic E-state index is 0.299. The molecule has 1 aromatic carbocycles. The maximum Gasteiger partial charge on any atom is 0.332 e. The largest absolute Gasteiger partial charge is 0.332 e. The Kier molecular flexibility index (Phi) is 4.27. The first kappa shape index (κ1) is 18.0. The summed E-state index contributed by atoms with van der Waals surface area (Å²) in [6, 6.07) is 8.05. The Hall–Kier alpha value is -3.40. The highest BCUT2D eigenvalue weighted by atomic mass is 16.2. The number of fused-ring (bicyclic) bond motifs is 3. The number of benzene rings is 1. The minimum atomic E-state index is -0.627. The lowest BCUT2D eigenvalue weighted by Gasteiger charge is -2.29. The van der Waals surface area contributed by atoms with Crippen molar-refractivity contribution < 1.29 is 4.79 Å². The first-order valence-corrected chi connectivity index (χ1v) is 8.96. The molecule has 0 fully saturated rings. The van der Waals surface area contributed by atoms with Crippen LogP contribution >= 0.6 is 0 Å². The van der Waals surface area contributed by atoms with Crippen LogP contribution in [0.1, 0.15) is 12.0 Å². The van der Waals surface area contributed by atoms with Crippen LogP contribution in [0.4, 0.5) is 11.6 Å². The van der Waals surface area contributed by atoms with Gasteiger partial charge in [-0.1, -0.05) is 17.7 Å². The molecule has 3 aromatic rings. The molecule has 1 amide bonds. The van der Waals surface area contributed by atoms with Crippen LogP contribution in [0.5, 0.6) is 0 Å². The van der Waals surface area contributed by atoms with Crippen molar-refractivity contribution >= 4 is 28.7 Å². The van der Waals surface area contributed by atoms with Crippen LogP contribution in [-0.4, -0.2) is 31.1 Å². The van der Waals surface area contributed by atoms with E-state index >= 15 is 0 Å². The van der Waals surface area contributed by atoms with E-state index in [1.807, 2.05) is 46.1 Å². The summed E-state index contributed by atoms with van der Waals surface area (Å²) >= 11 is 0. The number of aryl methyl sites for hydroxylation is 3. The zero-order valence-corrected chi connectivity index (χ0v) is 15.7. The van der Waals surface area contributed by atoms with Crippen molar-refractivity contribution in [3.63, 3.8) is 0 Å². The van der Waals surface area contributed by atoms with Crippen LogP contribution in [0.25, 0.3) is 11.2 Å². The summed E-state index contributed by atoms with van der Waals surface area (Å²) < 4.78 is 3.99. The number of hydrazine groups is 1. The second-order valence-corrected chi connectivity index (χ2v) is 6.88. The molecule has 3 heterocycles. The molecule has 0 radical (unpaired) electrons. The van der Waals surface area contributed by atoms with E-state index in [1.54, 1.807) is 0 Å². The molecule has 0 atom stereocenters. The molecule has 0 aliphatic carbocycles. The van der Waals surface area contributed by atoms with Gasteiger partial charge in [0.25, 0.3) is 11.5 Å². The van der Waals surface area contributed by atoms with E-state index in [9.17, 15) is 14.4 Å². The Labute approximate surface area is 159 Å². The fourth-order valence-corrected chi connectivity index (χ4v) is 3.56. The molecule has 2 aromatic heterocycles. The number of anilines is 2. The predicted octanol–water partition coefficient (Wildman–Crippen LogP) is -0.263. The van der Waals surface area contributed by atoms with Gasteiger partial charge in [0, 0.05) is 25.8 Å². The van der Waals surface area contributed by atoms with Crippen molar-refractivity contribution in [2.75, 3.05) is 11.4 Å². The third kappa shape index (κ3) is 2.69. The zero-order chi connectivity index (χ0) is 20.0. The summed E-state index contributed by atoms with van der Waals surface area (Å²) in [6.07, 6.45) is 0.817. The van der Waals surface area contributed by atoms with Gasteiger partial charge in [-0.2, -0.15) is 4.98 Å². The number of hydrogen-bond donors (Lipinski definition) is 2. The first-order chi connectivity index (χ1) is 13.4. The number of nitrogens with two attached hydrogens (primary N) is 1. The van der Waals surface area contributed by atoms with E-state index in [1.165, 1.54) is 11.6 Å². The average Bonchev–Trinajstić information content (AvgIpc) is 3.10. The van der Waals surface area contributed by atoms with Gasteiger partial charge in [0.2, 0.25) is 5.95 Å². The molecule has 10 nitrogen and oxygen atoms in total. The maximum atomic E-state index is 13.0. The van der Waals surface area contributed by atoms with Crippen LogP contribution in [-0.2, 0) is 24.9 Å². The summed E-state index contributed by atoms with van der Waals surface area (Å²) in [4.78, 5) is 43.9. The van der Waals surface area contributed by atoms with Crippen LogP contribution in [0, 0.1) is 6.92 Å². The molecular weight excluding hydrogens is 362 g/mol. The average molecular weight is 383 g/mol. The number of rotatable bonds is 3. The third-order valence-electron chi connectivity index (χ3n) is 5.03. The maximum absolute atomic E-state index is 13.0. The highest BCUT2D eigenvalue weighted by Crippen LogP contribution is 2.30. The number of imidazole rings is 1. The second-order valence-electron chi connectivity index (χ2n) is 6.88. The lowest BCUT2D eigenvalue weighted by atomic mass is 10.2. The molecule has 0 spiro atoms. The molecule has 146 valence electrons. The molecule has 3 N–H and O–H groups in total. The Morgan fingerprint density at radius 3 is 2.61 bits per heavy atom. The predicted molar refractivity (Wildman–Crippen MR) is 104 cm³/mol. The van der Waals surface area contributed by atoms with Gasteiger partial charge >= 0.3 is 5.69 Å². The number of carbonyl (C=O) groups excluding carboxylic acids is 1. The van der Waals surface area contributed by atoms with Crippen LogP contribution in [0.2, 0.25) is 0 Å². The summed E-state index contributed by atoms with van der Waals surface area (Å²) in [5.41, 5.74) is 3.51. The van der Waals surface area contributed by atoms with Gasteiger partial charge in [-0.3, -0.25) is 19.6 Å². The topological polar surface area (TPSA) is 120 Å². The van der Waals surface area contributed by atoms with Crippen LogP contribution in [0.3, 0.4) is 0 Å². The van der Waals surface area contributed by atoms with E-state index in [2.05, 4.69) is 4.98 Å². The van der Waals surface area contributed by atoms with Crippen LogP contribution in [0.15, 0.2) is 33.9 Å². The number of aromatic nitrogens is 4. The van der Waals surface area contributed by atoms with E-state index in [-0.39, 0.29) is 0 Å². The van der Waals surface area contributed by atoms with Crippen molar-refractivity contribution in [3.8, 4) is 0 Å². The van der Waals surface area contributed by atoms with E-state index in [0.29, 0.717) is 23.7 Å². The number of hydrogen-bond acceptors (Lipinski definition) is 6. The Morgan fingerprint density at radius 2 is 1.93 bits per heavy atom. The SMILES string of the molecule is Cc1ccc(N2CCCn3c2nc2c3c(=O)n(CC(=O)NN)c(=O)n2C)cc1. The van der Waals surface area contributed by atoms with Gasteiger partial charge in [-0.05, 0) is 25.5 Å². The lowest BCUT2D eigenvalue weighted by molar-refractivity contribution is -0.121. The van der Waals surface area contributed by atoms with E-state index in [0.717, 1.165) is 28.8 Å². The molecule has 1 aliphatic heterocycles. The number of nitrogens with zero attached hydrogens (tertiary/aromatic N) is 5. The normalized spacial score (nSPS) is 13.6. The third-order valence-corrected chi connectivity index (χ3v) is 5.03. The number of nitrogens with one attached hydrogen (secondary N) is 1. The Bertz CT molecular complexity index is 1190. The van der Waals surface area contributed by atoms with Gasteiger partial charge in [-0.25, -0.2) is 15.2 Å². The molecule has 4 rings (SSSR count). The molecule has 0 saturated carbocycles. The fourth-order valence-electron chi connectivity index (χ4n) is 3.56. The highest BCUT2D eigenvalue weighted by Gasteiger charge is 2.27. The van der Waals surface area contributed by atoms with Gasteiger partial charge in [0.15, 0.2) is 11.2 Å². The molecule has 1 aliphatic rings. The summed E-state index contributed by atoms with van der Waals surface area (Å²) in [5, 5.41) is 0. The summed E-state index contributed by atoms with van der Waals surface area (Å²) in [6.45, 7) is 2.93. The smallest absolute Gasteiger partial charge is 0.312 e. The van der Waals surface area contributed by atoms with Gasteiger partial charge in [0.05, 0.1) is 0 Å². The molecule has 28 heavy (non-hydrogen) atoms. The Balaban J connectivity index is 1.95. The molecule has 0 unspecified atom stereocenters. The highest BCUT2D eigenvalue weighted by molar-refractivity contribution is 5.78. The van der Waals surface area contributed by atoms with E-state index < -0.39 is 23.7 Å². The van der Waals surface area contributed by atoms with Crippen molar-refractivity contribution in [1.82, 2.24) is 24.1 Å². The molecular formula is C18H21N7O3. The number of amides is 1. The lowest BCUT2D eigenvalue weighted by Crippen LogP contribution is -2.45. The van der Waals surface area contributed by atoms with Gasteiger partial charge in [-0.15, -0.1) is 0 Å². The zero-order valence-electron chi connectivity index (χ0n) is 15.7. The molecule has 0 bridgehead atoms. The quantitative estimate of drug-likeness (QED) is 0.365. The molecule has 0 saturated heterocycles. The van der Waals surface area contributed by atoms with Crippen LogP contribution < -0.4 is 27.4 Å². The summed E-state index contributed by atoms with van der Waals surface area (Å²) in [7, 11) is 1.54. The summed E-state index contributed by atoms with van der Waals surface area (Å²) in [5.74, 6) is 5.09. The van der Waals surface area contributed by atoms with E-state index in [4.69, 9.17) is 5.84 Å². The van der Waals surface area contributed by atoms with Gasteiger partial charge in [0.1, 0.15) is 6.54 Å². The Morgan fingerprint density at radius 1 is 1.21 bits per heavy atom. The van der Waals surface area contributed by atoms with Crippen molar-refractivity contribution in [1.29, 1.82) is 0 Å². The van der Waals surface area contributed by atoms with Crippen molar-refractivity contribution in [2.24, 2.45) is 12.9 Å². The monoisotopic (exact) mass is 383 g/mol. The van der Waals surface area contributed by atoms with Gasteiger partial charge < -0.3 is 9.47 Å². The van der Waals surface area contributed by atoms with Crippen molar-refractivity contribution in [2.45, 2.75) is 26.4 Å². The minimum Gasteiger partial charge on any atom is -0.312 e. The standard InChI is InChI=1S/C18H21N7O3/c1-11-4-6-12(7-5-11)23-8-3-9-24-14-15(20-17(23)24)22(2)18(28)25(16(14)27)10-13(26)21-19/h4-7H,3,8-10,19H2,1-2H3,(H,21,26). The first-order valence-electron chi connectivity index (χ1n) is 8.96. The molecule has 10 heteroatoms. The second kappa shape index (κ2) is 6.64. The van der Waals surface area contributed by atoms with Crippen molar-refractivity contribution in [3.05, 3.63) is 50.7 Å².